The van der Waals surface area contributed by atoms with Gasteiger partial charge in [-0.1, -0.05) is 31.0 Å². The van der Waals surface area contributed by atoms with Gasteiger partial charge in [-0.3, -0.25) is 4.79 Å². The van der Waals surface area contributed by atoms with Crippen molar-refractivity contribution in [1.82, 2.24) is 10.0 Å². The Balaban J connectivity index is 2.70. The Hall–Kier alpha value is -1.40. The van der Waals surface area contributed by atoms with E-state index in [2.05, 4.69) is 10.0 Å². The summed E-state index contributed by atoms with van der Waals surface area (Å²) in [6.45, 7) is 7.36. The lowest BCUT2D eigenvalue weighted by atomic mass is 10.2. The van der Waals surface area contributed by atoms with Crippen LogP contribution in [0.1, 0.15) is 39.2 Å². The van der Waals surface area contributed by atoms with E-state index < -0.39 is 16.1 Å². The molecule has 0 heterocycles. The van der Waals surface area contributed by atoms with Crippen molar-refractivity contribution >= 4 is 15.9 Å². The molecule has 5 nitrogen and oxygen atoms in total. The molecule has 0 aromatic heterocycles. The Morgan fingerprint density at radius 1 is 1.19 bits per heavy atom. The van der Waals surface area contributed by atoms with Gasteiger partial charge in [0.05, 0.1) is 10.9 Å². The molecular weight excluding hydrogens is 288 g/mol. The molecule has 2 atom stereocenters. The van der Waals surface area contributed by atoms with Crippen LogP contribution in [0, 0.1) is 6.92 Å². The SMILES string of the molecule is CCC[C@H](C)NC(=O)[C@@H](C)NS(=O)(=O)c1ccc(C)cc1. The second kappa shape index (κ2) is 7.56. The molecule has 0 radical (unpaired) electrons. The average molecular weight is 312 g/mol. The van der Waals surface area contributed by atoms with E-state index in [1.165, 1.54) is 12.1 Å². The number of nitrogens with one attached hydrogen (secondary N) is 2. The molecule has 1 aromatic rings. The summed E-state index contributed by atoms with van der Waals surface area (Å²) in [6, 6.07) is 5.74. The summed E-state index contributed by atoms with van der Waals surface area (Å²) >= 11 is 0. The lowest BCUT2D eigenvalue weighted by Crippen LogP contribution is -2.47. The van der Waals surface area contributed by atoms with Crippen molar-refractivity contribution < 1.29 is 13.2 Å². The first-order valence-electron chi connectivity index (χ1n) is 7.15. The molecule has 118 valence electrons. The molecule has 0 aliphatic heterocycles. The molecular formula is C15H24N2O3S. The minimum Gasteiger partial charge on any atom is -0.352 e. The number of rotatable bonds is 7. The second-order valence-electron chi connectivity index (χ2n) is 5.35. The van der Waals surface area contributed by atoms with Gasteiger partial charge in [-0.25, -0.2) is 8.42 Å². The van der Waals surface area contributed by atoms with Crippen LogP contribution in [0.25, 0.3) is 0 Å². The van der Waals surface area contributed by atoms with Gasteiger partial charge in [0.15, 0.2) is 0 Å². The standard InChI is InChI=1S/C15H24N2O3S/c1-5-6-12(3)16-15(18)13(4)17-21(19,20)14-9-7-11(2)8-10-14/h7-10,12-13,17H,5-6H2,1-4H3,(H,16,18)/t12-,13+/m0/s1. The van der Waals surface area contributed by atoms with Gasteiger partial charge >= 0.3 is 0 Å². The zero-order valence-electron chi connectivity index (χ0n) is 13.0. The zero-order valence-corrected chi connectivity index (χ0v) is 13.8. The number of carbonyl (C=O) groups is 1. The van der Waals surface area contributed by atoms with Gasteiger partial charge in [0.25, 0.3) is 0 Å². The summed E-state index contributed by atoms with van der Waals surface area (Å²) in [4.78, 5) is 12.1. The Morgan fingerprint density at radius 3 is 2.29 bits per heavy atom. The molecule has 0 aliphatic carbocycles. The van der Waals surface area contributed by atoms with E-state index in [0.717, 1.165) is 18.4 Å². The fraction of sp³-hybridized carbons (Fsp3) is 0.533. The Labute approximate surface area is 127 Å². The maximum Gasteiger partial charge on any atom is 0.241 e. The van der Waals surface area contributed by atoms with Crippen LogP contribution in [0.2, 0.25) is 0 Å². The number of hydrogen-bond acceptors (Lipinski definition) is 3. The predicted octanol–water partition coefficient (Wildman–Crippen LogP) is 1.97. The van der Waals surface area contributed by atoms with Crippen LogP contribution in [0.4, 0.5) is 0 Å². The summed E-state index contributed by atoms with van der Waals surface area (Å²) < 4.78 is 26.8. The van der Waals surface area contributed by atoms with Gasteiger partial charge in [0, 0.05) is 6.04 Å². The van der Waals surface area contributed by atoms with Crippen molar-refractivity contribution in [2.75, 3.05) is 0 Å². The molecule has 0 saturated carbocycles. The third kappa shape index (κ3) is 5.47. The normalized spacial score (nSPS) is 14.5. The van der Waals surface area contributed by atoms with E-state index in [1.807, 2.05) is 20.8 Å². The molecule has 6 heteroatoms. The van der Waals surface area contributed by atoms with E-state index in [1.54, 1.807) is 19.1 Å². The number of hydrogen-bond donors (Lipinski definition) is 2. The Kier molecular flexibility index (Phi) is 6.36. The summed E-state index contributed by atoms with van der Waals surface area (Å²) in [5.74, 6) is -0.313. The fourth-order valence-electron chi connectivity index (χ4n) is 1.94. The van der Waals surface area contributed by atoms with E-state index in [0.29, 0.717) is 0 Å². The highest BCUT2D eigenvalue weighted by molar-refractivity contribution is 7.89. The summed E-state index contributed by atoms with van der Waals surface area (Å²) in [5, 5.41) is 2.80. The van der Waals surface area contributed by atoms with Crippen molar-refractivity contribution in [2.24, 2.45) is 0 Å². The molecule has 0 saturated heterocycles. The van der Waals surface area contributed by atoms with Gasteiger partial charge in [-0.2, -0.15) is 4.72 Å². The smallest absolute Gasteiger partial charge is 0.241 e. The minimum absolute atomic E-state index is 0.0360. The minimum atomic E-state index is -3.68. The van der Waals surface area contributed by atoms with E-state index in [9.17, 15) is 13.2 Å². The largest absolute Gasteiger partial charge is 0.352 e. The molecule has 0 bridgehead atoms. The highest BCUT2D eigenvalue weighted by Crippen LogP contribution is 2.10. The Bertz CT molecular complexity index is 567. The highest BCUT2D eigenvalue weighted by Gasteiger charge is 2.22. The quantitative estimate of drug-likeness (QED) is 0.808. The molecule has 0 fully saturated rings. The van der Waals surface area contributed by atoms with Gasteiger partial charge in [0.1, 0.15) is 0 Å². The molecule has 1 aromatic carbocycles. The van der Waals surface area contributed by atoms with E-state index >= 15 is 0 Å². The number of sulfonamides is 1. The lowest BCUT2D eigenvalue weighted by molar-refractivity contribution is -0.123. The topological polar surface area (TPSA) is 75.3 Å². The van der Waals surface area contributed by atoms with E-state index in [4.69, 9.17) is 0 Å². The van der Waals surface area contributed by atoms with Crippen LogP contribution in [-0.2, 0) is 14.8 Å². The van der Waals surface area contributed by atoms with Gasteiger partial charge in [0.2, 0.25) is 15.9 Å². The fourth-order valence-corrected chi connectivity index (χ4v) is 3.15. The molecule has 0 spiro atoms. The molecule has 0 unspecified atom stereocenters. The number of carbonyl (C=O) groups excluding carboxylic acids is 1. The van der Waals surface area contributed by atoms with Crippen LogP contribution in [0.3, 0.4) is 0 Å². The molecule has 1 rings (SSSR count). The van der Waals surface area contributed by atoms with Crippen molar-refractivity contribution in [3.63, 3.8) is 0 Å². The van der Waals surface area contributed by atoms with Gasteiger partial charge in [-0.15, -0.1) is 0 Å². The maximum atomic E-state index is 12.2. The third-order valence-electron chi connectivity index (χ3n) is 3.17. The summed E-state index contributed by atoms with van der Waals surface area (Å²) in [7, 11) is -3.68. The van der Waals surface area contributed by atoms with Gasteiger partial charge < -0.3 is 5.32 Å². The predicted molar refractivity (Wildman–Crippen MR) is 83.5 cm³/mol. The molecule has 0 aliphatic rings. The molecule has 21 heavy (non-hydrogen) atoms. The number of amides is 1. The molecule has 2 N–H and O–H groups in total. The monoisotopic (exact) mass is 312 g/mol. The first-order chi connectivity index (χ1) is 9.76. The van der Waals surface area contributed by atoms with Crippen LogP contribution in [0.15, 0.2) is 29.2 Å². The van der Waals surface area contributed by atoms with Crippen LogP contribution < -0.4 is 10.0 Å². The summed E-state index contributed by atoms with van der Waals surface area (Å²) in [5.41, 5.74) is 0.980. The first kappa shape index (κ1) is 17.7. The third-order valence-corrected chi connectivity index (χ3v) is 4.72. The van der Waals surface area contributed by atoms with Crippen molar-refractivity contribution in [2.45, 2.75) is 57.5 Å². The van der Waals surface area contributed by atoms with Crippen molar-refractivity contribution in [1.29, 1.82) is 0 Å². The second-order valence-corrected chi connectivity index (χ2v) is 7.07. The molecule has 1 amide bonds. The number of aryl methyl sites for hydroxylation is 1. The zero-order chi connectivity index (χ0) is 16.0. The van der Waals surface area contributed by atoms with Crippen LogP contribution in [-0.4, -0.2) is 26.4 Å². The van der Waals surface area contributed by atoms with Crippen molar-refractivity contribution in [3.05, 3.63) is 29.8 Å². The van der Waals surface area contributed by atoms with Crippen LogP contribution >= 0.6 is 0 Å². The van der Waals surface area contributed by atoms with Gasteiger partial charge in [-0.05, 0) is 39.3 Å². The van der Waals surface area contributed by atoms with Crippen molar-refractivity contribution in [3.8, 4) is 0 Å². The van der Waals surface area contributed by atoms with Crippen LogP contribution in [0.5, 0.6) is 0 Å². The average Bonchev–Trinajstić information content (AvgIpc) is 2.38. The highest BCUT2D eigenvalue weighted by atomic mass is 32.2. The first-order valence-corrected chi connectivity index (χ1v) is 8.64. The lowest BCUT2D eigenvalue weighted by Gasteiger charge is -2.18. The number of benzene rings is 1. The van der Waals surface area contributed by atoms with E-state index in [-0.39, 0.29) is 16.8 Å². The summed E-state index contributed by atoms with van der Waals surface area (Å²) in [6.07, 6.45) is 1.83. The Morgan fingerprint density at radius 2 is 1.76 bits per heavy atom. The maximum absolute atomic E-state index is 12.2.